The van der Waals surface area contributed by atoms with E-state index in [1.165, 1.54) is 0 Å². The van der Waals surface area contributed by atoms with Crippen LogP contribution in [0.4, 0.5) is 5.69 Å². The number of primary amides is 1. The molecule has 2 rings (SSSR count). The Morgan fingerprint density at radius 1 is 1.35 bits per heavy atom. The molecule has 20 heavy (non-hydrogen) atoms. The molecule has 2 aromatic rings. The average Bonchev–Trinajstić information content (AvgIpc) is 2.38. The van der Waals surface area contributed by atoms with E-state index in [0.717, 1.165) is 25.9 Å². The average molecular weight is 399 g/mol. The molecule has 6 heteroatoms. The first-order valence-electron chi connectivity index (χ1n) is 5.91. The number of nitrogens with zero attached hydrogens (tertiary/aromatic N) is 1. The van der Waals surface area contributed by atoms with Gasteiger partial charge in [0.1, 0.15) is 0 Å². The van der Waals surface area contributed by atoms with Gasteiger partial charge in [-0.1, -0.05) is 0 Å². The number of benzene rings is 1. The smallest absolute Gasteiger partial charge is 0.248 e. The summed E-state index contributed by atoms with van der Waals surface area (Å²) in [4.78, 5) is 15.4. The third-order valence-electron chi connectivity index (χ3n) is 2.84. The Labute approximate surface area is 134 Å². The van der Waals surface area contributed by atoms with Crippen molar-refractivity contribution in [2.24, 2.45) is 5.73 Å². The molecular formula is C14H13Br2N3O. The number of halogens is 2. The Hall–Kier alpha value is -1.40. The maximum absolute atomic E-state index is 11.1. The molecule has 1 amide bonds. The van der Waals surface area contributed by atoms with Gasteiger partial charge < -0.3 is 11.1 Å². The fourth-order valence-electron chi connectivity index (χ4n) is 1.77. The van der Waals surface area contributed by atoms with E-state index >= 15 is 0 Å². The number of carbonyl (C=O) groups excluding carboxylic acids is 1. The van der Waals surface area contributed by atoms with E-state index < -0.39 is 5.91 Å². The second-order valence-corrected chi connectivity index (χ2v) is 6.10. The molecule has 104 valence electrons. The fourth-order valence-corrected chi connectivity index (χ4v) is 2.89. The monoisotopic (exact) mass is 397 g/mol. The molecule has 0 aliphatic rings. The van der Waals surface area contributed by atoms with Crippen LogP contribution in [0.25, 0.3) is 0 Å². The van der Waals surface area contributed by atoms with Crippen molar-refractivity contribution >= 4 is 43.5 Å². The van der Waals surface area contributed by atoms with Crippen molar-refractivity contribution in [3.8, 4) is 0 Å². The van der Waals surface area contributed by atoms with E-state index in [0.29, 0.717) is 12.1 Å². The normalized spacial score (nSPS) is 10.3. The van der Waals surface area contributed by atoms with Crippen molar-refractivity contribution in [1.82, 2.24) is 4.98 Å². The molecular weight excluding hydrogens is 386 g/mol. The SMILES string of the molecule is Cc1cc(C(N)=O)ccc1NCc1ncc(Br)cc1Br. The lowest BCUT2D eigenvalue weighted by molar-refractivity contribution is 0.1000. The van der Waals surface area contributed by atoms with Crippen LogP contribution in [0.3, 0.4) is 0 Å². The predicted octanol–water partition coefficient (Wildman–Crippen LogP) is 3.63. The van der Waals surface area contributed by atoms with Gasteiger partial charge in [0.05, 0.1) is 12.2 Å². The molecule has 0 saturated carbocycles. The summed E-state index contributed by atoms with van der Waals surface area (Å²) in [5, 5.41) is 3.30. The lowest BCUT2D eigenvalue weighted by Crippen LogP contribution is -2.11. The van der Waals surface area contributed by atoms with Gasteiger partial charge in [0.15, 0.2) is 0 Å². The largest absolute Gasteiger partial charge is 0.379 e. The number of carbonyl (C=O) groups is 1. The molecule has 0 atom stereocenters. The quantitative estimate of drug-likeness (QED) is 0.826. The van der Waals surface area contributed by atoms with Crippen molar-refractivity contribution in [3.05, 3.63) is 56.2 Å². The van der Waals surface area contributed by atoms with Crippen molar-refractivity contribution in [3.63, 3.8) is 0 Å². The van der Waals surface area contributed by atoms with E-state index in [1.54, 1.807) is 18.3 Å². The molecule has 3 N–H and O–H groups in total. The highest BCUT2D eigenvalue weighted by Crippen LogP contribution is 2.22. The maximum Gasteiger partial charge on any atom is 0.248 e. The fraction of sp³-hybridized carbons (Fsp3) is 0.143. The summed E-state index contributed by atoms with van der Waals surface area (Å²) in [6.07, 6.45) is 1.75. The zero-order valence-corrected chi connectivity index (χ0v) is 14.0. The van der Waals surface area contributed by atoms with Crippen LogP contribution in [-0.2, 0) is 6.54 Å². The van der Waals surface area contributed by atoms with E-state index in [4.69, 9.17) is 5.73 Å². The molecule has 0 bridgehead atoms. The number of pyridine rings is 1. The van der Waals surface area contributed by atoms with Gasteiger partial charge in [-0.2, -0.15) is 0 Å². The summed E-state index contributed by atoms with van der Waals surface area (Å²) in [6.45, 7) is 2.52. The lowest BCUT2D eigenvalue weighted by Gasteiger charge is -2.11. The van der Waals surface area contributed by atoms with Crippen LogP contribution in [0.15, 0.2) is 39.4 Å². The molecule has 0 spiro atoms. The number of nitrogens with one attached hydrogen (secondary N) is 1. The minimum Gasteiger partial charge on any atom is -0.379 e. The van der Waals surface area contributed by atoms with Crippen LogP contribution < -0.4 is 11.1 Å². The summed E-state index contributed by atoms with van der Waals surface area (Å²) >= 11 is 6.84. The van der Waals surface area contributed by atoms with Crippen LogP contribution in [0.1, 0.15) is 21.6 Å². The first-order valence-corrected chi connectivity index (χ1v) is 7.50. The molecule has 0 saturated heterocycles. The first kappa shape index (κ1) is 15.0. The second-order valence-electron chi connectivity index (χ2n) is 4.33. The van der Waals surface area contributed by atoms with Crippen LogP contribution >= 0.6 is 31.9 Å². The molecule has 0 unspecified atom stereocenters. The van der Waals surface area contributed by atoms with Crippen molar-refractivity contribution < 1.29 is 4.79 Å². The Morgan fingerprint density at radius 3 is 2.70 bits per heavy atom. The Morgan fingerprint density at radius 2 is 2.10 bits per heavy atom. The van der Waals surface area contributed by atoms with Gasteiger partial charge >= 0.3 is 0 Å². The van der Waals surface area contributed by atoms with Crippen molar-refractivity contribution in [2.75, 3.05) is 5.32 Å². The molecule has 0 radical (unpaired) electrons. The van der Waals surface area contributed by atoms with E-state index in [1.807, 2.05) is 19.1 Å². The molecule has 0 fully saturated rings. The third-order valence-corrected chi connectivity index (χ3v) is 3.96. The minimum atomic E-state index is -0.419. The molecule has 1 aromatic heterocycles. The van der Waals surface area contributed by atoms with E-state index in [9.17, 15) is 4.79 Å². The van der Waals surface area contributed by atoms with Gasteiger partial charge in [-0.05, 0) is 68.6 Å². The van der Waals surface area contributed by atoms with Gasteiger partial charge in [0.25, 0.3) is 0 Å². The number of nitrogens with two attached hydrogens (primary N) is 1. The van der Waals surface area contributed by atoms with Gasteiger partial charge in [0.2, 0.25) is 5.91 Å². The summed E-state index contributed by atoms with van der Waals surface area (Å²) in [6, 6.07) is 7.28. The highest BCUT2D eigenvalue weighted by atomic mass is 79.9. The van der Waals surface area contributed by atoms with Crippen LogP contribution in [0, 0.1) is 6.92 Å². The zero-order chi connectivity index (χ0) is 14.7. The summed E-state index contributed by atoms with van der Waals surface area (Å²) in [7, 11) is 0. The second kappa shape index (κ2) is 6.37. The zero-order valence-electron chi connectivity index (χ0n) is 10.8. The minimum absolute atomic E-state index is 0.419. The number of aryl methyl sites for hydroxylation is 1. The van der Waals surface area contributed by atoms with Crippen LogP contribution in [-0.4, -0.2) is 10.9 Å². The molecule has 1 heterocycles. The third kappa shape index (κ3) is 3.58. The van der Waals surface area contributed by atoms with Crippen molar-refractivity contribution in [2.45, 2.75) is 13.5 Å². The lowest BCUT2D eigenvalue weighted by atomic mass is 10.1. The summed E-state index contributed by atoms with van der Waals surface area (Å²) < 4.78 is 1.86. The van der Waals surface area contributed by atoms with E-state index in [-0.39, 0.29) is 0 Å². The summed E-state index contributed by atoms with van der Waals surface area (Å²) in [5.41, 5.74) is 8.59. The first-order chi connectivity index (χ1) is 9.47. The van der Waals surface area contributed by atoms with Gasteiger partial charge in [-0.3, -0.25) is 9.78 Å². The Kier molecular flexibility index (Phi) is 4.77. The predicted molar refractivity (Wildman–Crippen MR) is 86.7 cm³/mol. The number of hydrogen-bond donors (Lipinski definition) is 2. The number of hydrogen-bond acceptors (Lipinski definition) is 3. The maximum atomic E-state index is 11.1. The molecule has 0 aliphatic carbocycles. The molecule has 4 nitrogen and oxygen atoms in total. The van der Waals surface area contributed by atoms with Gasteiger partial charge in [0, 0.05) is 26.4 Å². The van der Waals surface area contributed by atoms with Crippen LogP contribution in [0.2, 0.25) is 0 Å². The number of amides is 1. The highest BCUT2D eigenvalue weighted by Gasteiger charge is 2.06. The van der Waals surface area contributed by atoms with E-state index in [2.05, 4.69) is 42.2 Å². The van der Waals surface area contributed by atoms with Gasteiger partial charge in [-0.15, -0.1) is 0 Å². The molecule has 0 aliphatic heterocycles. The number of rotatable bonds is 4. The van der Waals surface area contributed by atoms with Gasteiger partial charge in [-0.25, -0.2) is 0 Å². The molecule has 1 aromatic carbocycles. The Balaban J connectivity index is 2.13. The number of aromatic nitrogens is 1. The Bertz CT molecular complexity index is 659. The number of anilines is 1. The summed E-state index contributed by atoms with van der Waals surface area (Å²) in [5.74, 6) is -0.419. The van der Waals surface area contributed by atoms with Crippen molar-refractivity contribution in [1.29, 1.82) is 0 Å². The topological polar surface area (TPSA) is 68.0 Å². The van der Waals surface area contributed by atoms with Crippen LogP contribution in [0.5, 0.6) is 0 Å². The standard InChI is InChI=1S/C14H13Br2N3O/c1-8-4-9(14(17)20)2-3-12(8)19-7-13-11(16)5-10(15)6-18-13/h2-6,19H,7H2,1H3,(H2,17,20). The highest BCUT2D eigenvalue weighted by molar-refractivity contribution is 9.11.